The van der Waals surface area contributed by atoms with Gasteiger partial charge in [0.15, 0.2) is 5.13 Å². The van der Waals surface area contributed by atoms with E-state index in [9.17, 15) is 13.2 Å². The van der Waals surface area contributed by atoms with Gasteiger partial charge in [0, 0.05) is 17.2 Å². The van der Waals surface area contributed by atoms with Crippen LogP contribution in [0.25, 0.3) is 11.3 Å². The minimum Gasteiger partial charge on any atom is -0.320 e. The van der Waals surface area contributed by atoms with E-state index in [0.717, 1.165) is 23.9 Å². The molecule has 0 radical (unpaired) electrons. The minimum atomic E-state index is -3.14. The zero-order valence-corrected chi connectivity index (χ0v) is 16.5. The number of hydrogen-bond acceptors (Lipinski definition) is 6. The molecule has 0 fully saturated rings. The van der Waals surface area contributed by atoms with E-state index in [2.05, 4.69) is 17.2 Å². The molecule has 0 saturated heterocycles. The molecule has 1 unspecified atom stereocenters. The quantitative estimate of drug-likeness (QED) is 0.739. The van der Waals surface area contributed by atoms with Crippen molar-refractivity contribution in [2.24, 2.45) is 5.73 Å². The number of aromatic nitrogens is 1. The van der Waals surface area contributed by atoms with Crippen molar-refractivity contribution in [3.05, 3.63) is 35.2 Å². The van der Waals surface area contributed by atoms with Gasteiger partial charge in [-0.05, 0) is 18.4 Å². The molecule has 0 bridgehead atoms. The Morgan fingerprint density at radius 1 is 1.32 bits per heavy atom. The number of rotatable bonds is 7. The van der Waals surface area contributed by atoms with Crippen LogP contribution in [-0.2, 0) is 21.1 Å². The van der Waals surface area contributed by atoms with Gasteiger partial charge in [-0.1, -0.05) is 31.2 Å². The van der Waals surface area contributed by atoms with E-state index < -0.39 is 21.8 Å². The summed E-state index contributed by atoms with van der Waals surface area (Å²) >= 11 is 1.31. The Balaban J connectivity index is 0.00000312. The highest BCUT2D eigenvalue weighted by atomic mass is 35.5. The van der Waals surface area contributed by atoms with Crippen LogP contribution in [0.4, 0.5) is 5.13 Å². The first-order chi connectivity index (χ1) is 11.3. The summed E-state index contributed by atoms with van der Waals surface area (Å²) in [6.45, 7) is 2.10. The second-order valence-electron chi connectivity index (χ2n) is 5.60. The molecule has 2 aromatic rings. The summed E-state index contributed by atoms with van der Waals surface area (Å²) in [4.78, 5) is 16.4. The molecule has 3 N–H and O–H groups in total. The van der Waals surface area contributed by atoms with Crippen molar-refractivity contribution in [1.82, 2.24) is 4.98 Å². The second kappa shape index (κ2) is 9.28. The van der Waals surface area contributed by atoms with Gasteiger partial charge in [0.2, 0.25) is 5.91 Å². The number of aryl methyl sites for hydroxylation is 1. The van der Waals surface area contributed by atoms with Gasteiger partial charge in [-0.2, -0.15) is 0 Å². The van der Waals surface area contributed by atoms with E-state index >= 15 is 0 Å². The van der Waals surface area contributed by atoms with E-state index in [1.54, 1.807) is 0 Å². The summed E-state index contributed by atoms with van der Waals surface area (Å²) in [7, 11) is -3.14. The Labute approximate surface area is 158 Å². The van der Waals surface area contributed by atoms with Crippen LogP contribution in [0.15, 0.2) is 29.6 Å². The lowest BCUT2D eigenvalue weighted by Crippen LogP contribution is -2.37. The van der Waals surface area contributed by atoms with Crippen LogP contribution in [0.1, 0.15) is 18.9 Å². The fourth-order valence-electron chi connectivity index (χ4n) is 2.05. The Bertz CT molecular complexity index is 804. The first-order valence-electron chi connectivity index (χ1n) is 7.57. The fourth-order valence-corrected chi connectivity index (χ4v) is 3.45. The van der Waals surface area contributed by atoms with Gasteiger partial charge < -0.3 is 11.1 Å². The average molecular weight is 404 g/mol. The van der Waals surface area contributed by atoms with Crippen LogP contribution in [0.5, 0.6) is 0 Å². The number of sulfone groups is 1. The summed E-state index contributed by atoms with van der Waals surface area (Å²) in [5.41, 5.74) is 8.73. The molecule has 6 nitrogen and oxygen atoms in total. The normalized spacial score (nSPS) is 12.3. The summed E-state index contributed by atoms with van der Waals surface area (Å²) < 4.78 is 22.2. The summed E-state index contributed by atoms with van der Waals surface area (Å²) in [5, 5.41) is 4.95. The third-order valence-electron chi connectivity index (χ3n) is 3.53. The highest BCUT2D eigenvalue weighted by molar-refractivity contribution is 7.90. The van der Waals surface area contributed by atoms with E-state index in [0.29, 0.717) is 5.13 Å². The number of benzene rings is 1. The van der Waals surface area contributed by atoms with Gasteiger partial charge in [0.1, 0.15) is 9.84 Å². The molecule has 0 aliphatic heterocycles. The molecule has 1 heterocycles. The number of amides is 1. The first-order valence-corrected chi connectivity index (χ1v) is 10.5. The molecule has 0 saturated carbocycles. The Morgan fingerprint density at radius 3 is 2.52 bits per heavy atom. The van der Waals surface area contributed by atoms with Crippen LogP contribution in [0, 0.1) is 0 Å². The summed E-state index contributed by atoms with van der Waals surface area (Å²) in [5.74, 6) is -0.546. The molecule has 9 heteroatoms. The van der Waals surface area contributed by atoms with Crippen LogP contribution in [-0.4, -0.2) is 37.4 Å². The molecular formula is C16H22ClN3O3S2. The standard InChI is InChI=1S/C16H21N3O3S2.ClH/c1-3-11-4-6-12(7-5-11)14-10-23-16(18-14)19-15(20)13(17)8-9-24(2,21)22;/h4-7,10,13H,3,8-9,17H2,1-2H3,(H,18,19,20);1H. The maximum absolute atomic E-state index is 12.0. The van der Waals surface area contributed by atoms with Crippen LogP contribution in [0.3, 0.4) is 0 Å². The molecule has 0 spiro atoms. The molecule has 1 atom stereocenters. The van der Waals surface area contributed by atoms with Crippen molar-refractivity contribution >= 4 is 44.6 Å². The van der Waals surface area contributed by atoms with Gasteiger partial charge in [-0.25, -0.2) is 13.4 Å². The fraction of sp³-hybridized carbons (Fsp3) is 0.375. The number of carbonyl (C=O) groups is 1. The smallest absolute Gasteiger partial charge is 0.243 e. The number of thiazole rings is 1. The second-order valence-corrected chi connectivity index (χ2v) is 8.72. The number of nitrogens with zero attached hydrogens (tertiary/aromatic N) is 1. The Kier molecular flexibility index (Phi) is 8.01. The molecule has 0 aliphatic carbocycles. The lowest BCUT2D eigenvalue weighted by atomic mass is 10.1. The number of nitrogens with two attached hydrogens (primary N) is 1. The zero-order chi connectivity index (χ0) is 17.7. The maximum atomic E-state index is 12.0. The maximum Gasteiger partial charge on any atom is 0.243 e. The average Bonchev–Trinajstić information content (AvgIpc) is 3.00. The third-order valence-corrected chi connectivity index (χ3v) is 5.26. The predicted molar refractivity (Wildman–Crippen MR) is 105 cm³/mol. The lowest BCUT2D eigenvalue weighted by Gasteiger charge is -2.09. The number of halogens is 1. The monoisotopic (exact) mass is 403 g/mol. The van der Waals surface area contributed by atoms with Crippen molar-refractivity contribution in [3.63, 3.8) is 0 Å². The van der Waals surface area contributed by atoms with Crippen molar-refractivity contribution in [1.29, 1.82) is 0 Å². The predicted octanol–water partition coefficient (Wildman–Crippen LogP) is 2.49. The van der Waals surface area contributed by atoms with Gasteiger partial charge in [0.25, 0.3) is 0 Å². The van der Waals surface area contributed by atoms with E-state index in [4.69, 9.17) is 5.73 Å². The Hall–Kier alpha value is -1.48. The Morgan fingerprint density at radius 2 is 1.96 bits per heavy atom. The van der Waals surface area contributed by atoms with Crippen molar-refractivity contribution < 1.29 is 13.2 Å². The number of carbonyl (C=O) groups excluding carboxylic acids is 1. The molecule has 2 rings (SSSR count). The molecular weight excluding hydrogens is 382 g/mol. The van der Waals surface area contributed by atoms with Crippen molar-refractivity contribution in [2.45, 2.75) is 25.8 Å². The topological polar surface area (TPSA) is 102 Å². The van der Waals surface area contributed by atoms with Gasteiger partial charge in [0.05, 0.1) is 17.5 Å². The largest absolute Gasteiger partial charge is 0.320 e. The van der Waals surface area contributed by atoms with E-state index in [-0.39, 0.29) is 24.6 Å². The molecule has 1 amide bonds. The molecule has 25 heavy (non-hydrogen) atoms. The third kappa shape index (κ3) is 6.74. The minimum absolute atomic E-state index is 0. The van der Waals surface area contributed by atoms with Crippen LogP contribution >= 0.6 is 23.7 Å². The van der Waals surface area contributed by atoms with Gasteiger partial charge in [-0.15, -0.1) is 23.7 Å². The lowest BCUT2D eigenvalue weighted by molar-refractivity contribution is -0.117. The molecule has 0 aliphatic rings. The molecule has 138 valence electrons. The van der Waals surface area contributed by atoms with Crippen LogP contribution in [0.2, 0.25) is 0 Å². The molecule has 1 aromatic heterocycles. The summed E-state index contributed by atoms with van der Waals surface area (Å²) in [6, 6.07) is 7.22. The number of anilines is 1. The van der Waals surface area contributed by atoms with Gasteiger partial charge in [-0.3, -0.25) is 4.79 Å². The van der Waals surface area contributed by atoms with E-state index in [1.165, 1.54) is 16.9 Å². The van der Waals surface area contributed by atoms with E-state index in [1.807, 2.05) is 29.6 Å². The number of nitrogens with one attached hydrogen (secondary N) is 1. The highest BCUT2D eigenvalue weighted by Crippen LogP contribution is 2.25. The SMILES string of the molecule is CCc1ccc(-c2csc(NC(=O)C(N)CCS(C)(=O)=O)n2)cc1.Cl. The van der Waals surface area contributed by atoms with Gasteiger partial charge >= 0.3 is 0 Å². The number of hydrogen-bond donors (Lipinski definition) is 2. The zero-order valence-electron chi connectivity index (χ0n) is 14.1. The van der Waals surface area contributed by atoms with Crippen molar-refractivity contribution in [2.75, 3.05) is 17.3 Å². The highest BCUT2D eigenvalue weighted by Gasteiger charge is 2.17. The molecule has 1 aromatic carbocycles. The van der Waals surface area contributed by atoms with Crippen LogP contribution < -0.4 is 11.1 Å². The first kappa shape index (κ1) is 21.6. The summed E-state index contributed by atoms with van der Waals surface area (Å²) in [6.07, 6.45) is 2.18. The van der Waals surface area contributed by atoms with Crippen molar-refractivity contribution in [3.8, 4) is 11.3 Å².